The van der Waals surface area contributed by atoms with E-state index >= 15 is 0 Å². The van der Waals surface area contributed by atoms with Gasteiger partial charge in [-0.25, -0.2) is 0 Å². The molecular formula is C22H28N2O2. The van der Waals surface area contributed by atoms with Crippen molar-refractivity contribution < 1.29 is 9.90 Å². The van der Waals surface area contributed by atoms with Crippen LogP contribution in [0.4, 0.5) is 0 Å². The number of para-hydroxylation sites is 1. The number of aromatic hydroxyl groups is 1. The largest absolute Gasteiger partial charge is 0.508 e. The number of nitrogens with one attached hydrogen (secondary N) is 1. The monoisotopic (exact) mass is 352 g/mol. The summed E-state index contributed by atoms with van der Waals surface area (Å²) in [6.07, 6.45) is 1.99. The van der Waals surface area contributed by atoms with E-state index in [0.717, 1.165) is 25.1 Å². The van der Waals surface area contributed by atoms with Crippen molar-refractivity contribution in [2.24, 2.45) is 0 Å². The Morgan fingerprint density at radius 3 is 2.58 bits per heavy atom. The Bertz CT molecular complexity index is 770. The number of hydrogen-bond acceptors (Lipinski definition) is 3. The smallest absolute Gasteiger partial charge is 0.220 e. The van der Waals surface area contributed by atoms with E-state index in [1.165, 1.54) is 11.1 Å². The minimum Gasteiger partial charge on any atom is -0.508 e. The number of hydrogen-bond donors (Lipinski definition) is 2. The molecule has 2 N–H and O–H groups in total. The minimum absolute atomic E-state index is 0.0266. The Kier molecular flexibility index (Phi) is 5.62. The van der Waals surface area contributed by atoms with Crippen LogP contribution in [0.3, 0.4) is 0 Å². The second-order valence-corrected chi connectivity index (χ2v) is 7.66. The standard InChI is InChI=1S/C22H28N2O2/c1-22(2,24-14-13-17-7-3-4-9-19(17)15-24)16-23-21(26)12-11-18-8-5-6-10-20(18)25/h3-10,25H,11-16H2,1-2H3,(H,23,26). The molecule has 0 saturated carbocycles. The van der Waals surface area contributed by atoms with Crippen LogP contribution in [0.15, 0.2) is 48.5 Å². The molecule has 3 rings (SSSR count). The second kappa shape index (κ2) is 7.92. The van der Waals surface area contributed by atoms with Crippen molar-refractivity contribution >= 4 is 5.91 Å². The first-order valence-corrected chi connectivity index (χ1v) is 9.31. The van der Waals surface area contributed by atoms with Gasteiger partial charge in [0.1, 0.15) is 5.75 Å². The maximum atomic E-state index is 12.2. The molecule has 0 fully saturated rings. The zero-order valence-electron chi connectivity index (χ0n) is 15.7. The Morgan fingerprint density at radius 2 is 1.81 bits per heavy atom. The lowest BCUT2D eigenvalue weighted by atomic mass is 9.94. The van der Waals surface area contributed by atoms with E-state index in [9.17, 15) is 9.90 Å². The van der Waals surface area contributed by atoms with E-state index in [0.29, 0.717) is 19.4 Å². The fourth-order valence-corrected chi connectivity index (χ4v) is 3.50. The maximum absolute atomic E-state index is 12.2. The average molecular weight is 352 g/mol. The number of phenols is 1. The molecule has 0 atom stereocenters. The van der Waals surface area contributed by atoms with Crippen molar-refractivity contribution in [3.8, 4) is 5.75 Å². The lowest BCUT2D eigenvalue weighted by Crippen LogP contribution is -2.53. The van der Waals surface area contributed by atoms with Crippen LogP contribution >= 0.6 is 0 Å². The van der Waals surface area contributed by atoms with Crippen molar-refractivity contribution in [3.63, 3.8) is 0 Å². The summed E-state index contributed by atoms with van der Waals surface area (Å²) in [6.45, 7) is 6.93. The zero-order valence-corrected chi connectivity index (χ0v) is 15.7. The number of benzene rings is 2. The highest BCUT2D eigenvalue weighted by Gasteiger charge is 2.29. The molecule has 1 heterocycles. The molecule has 2 aromatic carbocycles. The SMILES string of the molecule is CC(C)(CNC(=O)CCc1ccccc1O)N1CCc2ccccc2C1. The van der Waals surface area contributed by atoms with Crippen molar-refractivity contribution in [3.05, 3.63) is 65.2 Å². The van der Waals surface area contributed by atoms with Gasteiger partial charge in [0.05, 0.1) is 0 Å². The van der Waals surface area contributed by atoms with Crippen LogP contribution in [-0.4, -0.2) is 34.5 Å². The van der Waals surface area contributed by atoms with Crippen molar-refractivity contribution in [1.82, 2.24) is 10.2 Å². The van der Waals surface area contributed by atoms with Crippen LogP contribution < -0.4 is 5.32 Å². The van der Waals surface area contributed by atoms with Gasteiger partial charge in [0.15, 0.2) is 0 Å². The first-order chi connectivity index (χ1) is 12.5. The van der Waals surface area contributed by atoms with Crippen LogP contribution in [0, 0.1) is 0 Å². The van der Waals surface area contributed by atoms with Gasteiger partial charge in [-0.1, -0.05) is 42.5 Å². The van der Waals surface area contributed by atoms with Gasteiger partial charge in [0.2, 0.25) is 5.91 Å². The number of nitrogens with zero attached hydrogens (tertiary/aromatic N) is 1. The lowest BCUT2D eigenvalue weighted by molar-refractivity contribution is -0.121. The van der Waals surface area contributed by atoms with E-state index in [-0.39, 0.29) is 17.2 Å². The fraction of sp³-hybridized carbons (Fsp3) is 0.409. The number of rotatable bonds is 6. The Morgan fingerprint density at radius 1 is 1.12 bits per heavy atom. The van der Waals surface area contributed by atoms with Gasteiger partial charge in [-0.3, -0.25) is 9.69 Å². The summed E-state index contributed by atoms with van der Waals surface area (Å²) in [5, 5.41) is 12.9. The first kappa shape index (κ1) is 18.5. The molecule has 2 aromatic rings. The third-order valence-electron chi connectivity index (χ3n) is 5.32. The Balaban J connectivity index is 1.50. The summed E-state index contributed by atoms with van der Waals surface area (Å²) in [4.78, 5) is 14.7. The van der Waals surface area contributed by atoms with Crippen LogP contribution in [0.1, 0.15) is 37.0 Å². The summed E-state index contributed by atoms with van der Waals surface area (Å²) in [5.74, 6) is 0.284. The molecule has 26 heavy (non-hydrogen) atoms. The third kappa shape index (κ3) is 4.44. The molecule has 138 valence electrons. The van der Waals surface area contributed by atoms with Crippen LogP contribution in [0.25, 0.3) is 0 Å². The van der Waals surface area contributed by atoms with Crippen LogP contribution in [0.2, 0.25) is 0 Å². The third-order valence-corrected chi connectivity index (χ3v) is 5.32. The lowest BCUT2D eigenvalue weighted by Gasteiger charge is -2.41. The molecule has 0 radical (unpaired) electrons. The molecule has 4 heteroatoms. The molecular weight excluding hydrogens is 324 g/mol. The molecule has 1 amide bonds. The number of carbonyl (C=O) groups is 1. The zero-order chi connectivity index (χ0) is 18.6. The van der Waals surface area contributed by atoms with Gasteiger partial charge in [0, 0.05) is 31.6 Å². The summed E-state index contributed by atoms with van der Waals surface area (Å²) in [5.41, 5.74) is 3.54. The molecule has 1 aliphatic rings. The number of carbonyl (C=O) groups excluding carboxylic acids is 1. The molecule has 1 aliphatic heterocycles. The molecule has 0 aromatic heterocycles. The summed E-state index contributed by atoms with van der Waals surface area (Å²) >= 11 is 0. The molecule has 0 saturated heterocycles. The summed E-state index contributed by atoms with van der Waals surface area (Å²) in [6, 6.07) is 15.8. The molecule has 4 nitrogen and oxygen atoms in total. The Labute approximate surface area is 155 Å². The highest BCUT2D eigenvalue weighted by molar-refractivity contribution is 5.76. The fourth-order valence-electron chi connectivity index (χ4n) is 3.50. The highest BCUT2D eigenvalue weighted by atomic mass is 16.3. The Hall–Kier alpha value is -2.33. The molecule has 0 aliphatic carbocycles. The van der Waals surface area contributed by atoms with Crippen molar-refractivity contribution in [2.75, 3.05) is 13.1 Å². The van der Waals surface area contributed by atoms with Gasteiger partial charge in [-0.15, -0.1) is 0 Å². The average Bonchev–Trinajstić information content (AvgIpc) is 2.65. The van der Waals surface area contributed by atoms with Crippen LogP contribution in [-0.2, 0) is 24.2 Å². The van der Waals surface area contributed by atoms with E-state index in [4.69, 9.17) is 0 Å². The number of fused-ring (bicyclic) bond motifs is 1. The van der Waals surface area contributed by atoms with Crippen LogP contribution in [0.5, 0.6) is 5.75 Å². The van der Waals surface area contributed by atoms with Gasteiger partial charge < -0.3 is 10.4 Å². The number of amides is 1. The normalized spacial score (nSPS) is 14.7. The van der Waals surface area contributed by atoms with E-state index in [1.807, 2.05) is 12.1 Å². The quantitative estimate of drug-likeness (QED) is 0.839. The van der Waals surface area contributed by atoms with Gasteiger partial charge >= 0.3 is 0 Å². The molecule has 0 bridgehead atoms. The second-order valence-electron chi connectivity index (χ2n) is 7.66. The minimum atomic E-state index is -0.0991. The molecule has 0 unspecified atom stereocenters. The van der Waals surface area contributed by atoms with E-state index < -0.39 is 0 Å². The first-order valence-electron chi connectivity index (χ1n) is 9.31. The predicted octanol–water partition coefficient (Wildman–Crippen LogP) is 3.28. The van der Waals surface area contributed by atoms with Gasteiger partial charge in [-0.2, -0.15) is 0 Å². The maximum Gasteiger partial charge on any atom is 0.220 e. The van der Waals surface area contributed by atoms with E-state index in [1.54, 1.807) is 12.1 Å². The van der Waals surface area contributed by atoms with Crippen molar-refractivity contribution in [2.45, 2.75) is 45.2 Å². The predicted molar refractivity (Wildman–Crippen MR) is 104 cm³/mol. The number of aryl methyl sites for hydroxylation is 1. The van der Waals surface area contributed by atoms with Gasteiger partial charge in [-0.05, 0) is 49.4 Å². The molecule has 0 spiro atoms. The van der Waals surface area contributed by atoms with E-state index in [2.05, 4.69) is 48.3 Å². The number of phenolic OH excluding ortho intramolecular Hbond substituents is 1. The van der Waals surface area contributed by atoms with Gasteiger partial charge in [0.25, 0.3) is 0 Å². The van der Waals surface area contributed by atoms with Crippen molar-refractivity contribution in [1.29, 1.82) is 0 Å². The highest BCUT2D eigenvalue weighted by Crippen LogP contribution is 2.25. The summed E-state index contributed by atoms with van der Waals surface area (Å²) in [7, 11) is 0. The summed E-state index contributed by atoms with van der Waals surface area (Å²) < 4.78 is 0. The topological polar surface area (TPSA) is 52.6 Å².